The standard InChI is InChI=1S/C19H28N4O2/c1-20-19(23(3)15-16-8-6-12-22(16)2)21-11-7-13-25-18-10-5-9-17(14-18)24-4/h5-6,8-10,12,14H,7,11,13,15H2,1-4H3,(H,20,21). The molecule has 0 saturated heterocycles. The van der Waals surface area contributed by atoms with Crippen molar-refractivity contribution in [3.63, 3.8) is 0 Å². The van der Waals surface area contributed by atoms with Crippen LogP contribution in [0.15, 0.2) is 47.6 Å². The molecule has 2 aromatic rings. The maximum atomic E-state index is 5.75. The molecular weight excluding hydrogens is 316 g/mol. The molecule has 1 aromatic heterocycles. The molecule has 1 N–H and O–H groups in total. The monoisotopic (exact) mass is 344 g/mol. The number of rotatable bonds is 8. The lowest BCUT2D eigenvalue weighted by atomic mass is 10.3. The summed E-state index contributed by atoms with van der Waals surface area (Å²) < 4.78 is 13.1. The summed E-state index contributed by atoms with van der Waals surface area (Å²) in [5.41, 5.74) is 1.24. The first-order chi connectivity index (χ1) is 12.1. The van der Waals surface area contributed by atoms with E-state index in [-0.39, 0.29) is 0 Å². The average molecular weight is 344 g/mol. The first-order valence-corrected chi connectivity index (χ1v) is 8.43. The Morgan fingerprint density at radius 1 is 1.24 bits per heavy atom. The first kappa shape index (κ1) is 18.7. The summed E-state index contributed by atoms with van der Waals surface area (Å²) in [4.78, 5) is 6.45. The Morgan fingerprint density at radius 3 is 2.72 bits per heavy atom. The Labute approximate surface area is 150 Å². The number of hydrogen-bond donors (Lipinski definition) is 1. The zero-order valence-electron chi connectivity index (χ0n) is 15.5. The number of hydrogen-bond acceptors (Lipinski definition) is 3. The van der Waals surface area contributed by atoms with E-state index in [0.717, 1.165) is 37.0 Å². The number of aliphatic imine (C=N–C) groups is 1. The van der Waals surface area contributed by atoms with Gasteiger partial charge in [0, 0.05) is 45.6 Å². The summed E-state index contributed by atoms with van der Waals surface area (Å²) in [5.74, 6) is 2.51. The minimum atomic E-state index is 0.638. The van der Waals surface area contributed by atoms with Gasteiger partial charge in [-0.25, -0.2) is 0 Å². The van der Waals surface area contributed by atoms with E-state index in [2.05, 4.69) is 45.2 Å². The molecule has 0 bridgehead atoms. The van der Waals surface area contributed by atoms with Crippen LogP contribution in [-0.4, -0.2) is 49.8 Å². The molecule has 0 saturated carbocycles. The van der Waals surface area contributed by atoms with Crippen molar-refractivity contribution in [3.8, 4) is 11.5 Å². The summed E-state index contributed by atoms with van der Waals surface area (Å²) in [6, 6.07) is 11.8. The van der Waals surface area contributed by atoms with Gasteiger partial charge < -0.3 is 24.3 Å². The van der Waals surface area contributed by atoms with E-state index in [1.807, 2.05) is 31.3 Å². The molecule has 0 spiro atoms. The predicted molar refractivity (Wildman–Crippen MR) is 101 cm³/mol. The summed E-state index contributed by atoms with van der Waals surface area (Å²) >= 11 is 0. The molecule has 0 unspecified atom stereocenters. The van der Waals surface area contributed by atoms with Crippen LogP contribution < -0.4 is 14.8 Å². The van der Waals surface area contributed by atoms with Crippen LogP contribution in [-0.2, 0) is 13.6 Å². The van der Waals surface area contributed by atoms with Crippen LogP contribution in [0.3, 0.4) is 0 Å². The molecule has 0 amide bonds. The lowest BCUT2D eigenvalue weighted by molar-refractivity contribution is 0.307. The van der Waals surface area contributed by atoms with Crippen molar-refractivity contribution in [1.29, 1.82) is 0 Å². The van der Waals surface area contributed by atoms with Crippen LogP contribution in [0.2, 0.25) is 0 Å². The highest BCUT2D eigenvalue weighted by Gasteiger charge is 2.07. The summed E-state index contributed by atoms with van der Waals surface area (Å²) in [5, 5.41) is 3.37. The van der Waals surface area contributed by atoms with Crippen molar-refractivity contribution >= 4 is 5.96 Å². The SMILES string of the molecule is CN=C(NCCCOc1cccc(OC)c1)N(C)Cc1cccn1C. The van der Waals surface area contributed by atoms with E-state index in [0.29, 0.717) is 6.61 Å². The van der Waals surface area contributed by atoms with Crippen LogP contribution in [0.5, 0.6) is 11.5 Å². The topological polar surface area (TPSA) is 51.0 Å². The van der Waals surface area contributed by atoms with Gasteiger partial charge in [0.1, 0.15) is 11.5 Å². The molecule has 1 heterocycles. The molecule has 136 valence electrons. The molecule has 2 rings (SSSR count). The van der Waals surface area contributed by atoms with Crippen LogP contribution in [0, 0.1) is 0 Å². The Balaban J connectivity index is 1.71. The number of nitrogens with one attached hydrogen (secondary N) is 1. The van der Waals surface area contributed by atoms with Crippen molar-refractivity contribution < 1.29 is 9.47 Å². The molecular formula is C19H28N4O2. The predicted octanol–water partition coefficient (Wildman–Crippen LogP) is 2.51. The lowest BCUT2D eigenvalue weighted by Crippen LogP contribution is -2.39. The number of methoxy groups -OCH3 is 1. The zero-order valence-corrected chi connectivity index (χ0v) is 15.5. The quantitative estimate of drug-likeness (QED) is 0.454. The number of benzene rings is 1. The van der Waals surface area contributed by atoms with Gasteiger partial charge in [0.2, 0.25) is 0 Å². The van der Waals surface area contributed by atoms with Crippen molar-refractivity contribution in [3.05, 3.63) is 48.3 Å². The van der Waals surface area contributed by atoms with E-state index in [9.17, 15) is 0 Å². The van der Waals surface area contributed by atoms with Crippen molar-refractivity contribution in [2.45, 2.75) is 13.0 Å². The van der Waals surface area contributed by atoms with Gasteiger partial charge in [0.05, 0.1) is 20.3 Å². The van der Waals surface area contributed by atoms with Gasteiger partial charge in [-0.2, -0.15) is 0 Å². The van der Waals surface area contributed by atoms with Crippen LogP contribution >= 0.6 is 0 Å². The van der Waals surface area contributed by atoms with Gasteiger partial charge in [-0.05, 0) is 30.7 Å². The Kier molecular flexibility index (Phi) is 7.19. The van der Waals surface area contributed by atoms with Gasteiger partial charge >= 0.3 is 0 Å². The van der Waals surface area contributed by atoms with Gasteiger partial charge in [-0.1, -0.05) is 6.07 Å². The second-order valence-corrected chi connectivity index (χ2v) is 5.82. The van der Waals surface area contributed by atoms with Gasteiger partial charge in [-0.15, -0.1) is 0 Å². The third kappa shape index (κ3) is 5.74. The summed E-state index contributed by atoms with van der Waals surface area (Å²) in [7, 11) is 7.54. The molecule has 0 atom stereocenters. The fraction of sp³-hybridized carbons (Fsp3) is 0.421. The maximum absolute atomic E-state index is 5.75. The van der Waals surface area contributed by atoms with Crippen LogP contribution in [0.1, 0.15) is 12.1 Å². The van der Waals surface area contributed by atoms with Crippen molar-refractivity contribution in [2.75, 3.05) is 34.4 Å². The number of aryl methyl sites for hydroxylation is 1. The van der Waals surface area contributed by atoms with Gasteiger partial charge in [-0.3, -0.25) is 4.99 Å². The minimum Gasteiger partial charge on any atom is -0.497 e. The summed E-state index contributed by atoms with van der Waals surface area (Å²) in [6.07, 6.45) is 2.93. The van der Waals surface area contributed by atoms with Gasteiger partial charge in [0.25, 0.3) is 0 Å². The van der Waals surface area contributed by atoms with E-state index in [1.54, 1.807) is 14.2 Å². The molecule has 25 heavy (non-hydrogen) atoms. The highest BCUT2D eigenvalue weighted by atomic mass is 16.5. The van der Waals surface area contributed by atoms with E-state index in [4.69, 9.17) is 9.47 Å². The van der Waals surface area contributed by atoms with Crippen LogP contribution in [0.4, 0.5) is 0 Å². The number of nitrogens with zero attached hydrogens (tertiary/aromatic N) is 3. The number of ether oxygens (including phenoxy) is 2. The average Bonchev–Trinajstić information content (AvgIpc) is 3.03. The molecule has 6 heteroatoms. The second kappa shape index (κ2) is 9.61. The number of guanidine groups is 1. The van der Waals surface area contributed by atoms with Crippen molar-refractivity contribution in [1.82, 2.24) is 14.8 Å². The van der Waals surface area contributed by atoms with E-state index in [1.165, 1.54) is 5.69 Å². The normalized spacial score (nSPS) is 11.3. The van der Waals surface area contributed by atoms with Crippen LogP contribution in [0.25, 0.3) is 0 Å². The zero-order chi connectivity index (χ0) is 18.1. The van der Waals surface area contributed by atoms with E-state index < -0.39 is 0 Å². The molecule has 1 aromatic carbocycles. The van der Waals surface area contributed by atoms with Gasteiger partial charge in [0.15, 0.2) is 5.96 Å². The third-order valence-corrected chi connectivity index (χ3v) is 3.94. The highest BCUT2D eigenvalue weighted by molar-refractivity contribution is 5.79. The maximum Gasteiger partial charge on any atom is 0.193 e. The fourth-order valence-electron chi connectivity index (χ4n) is 2.52. The second-order valence-electron chi connectivity index (χ2n) is 5.82. The molecule has 0 aliphatic rings. The molecule has 6 nitrogen and oxygen atoms in total. The van der Waals surface area contributed by atoms with Crippen molar-refractivity contribution in [2.24, 2.45) is 12.0 Å². The fourth-order valence-corrected chi connectivity index (χ4v) is 2.52. The molecule has 0 aliphatic carbocycles. The molecule has 0 fully saturated rings. The minimum absolute atomic E-state index is 0.638. The largest absolute Gasteiger partial charge is 0.497 e. The molecule has 0 radical (unpaired) electrons. The first-order valence-electron chi connectivity index (χ1n) is 8.43. The summed E-state index contributed by atoms with van der Waals surface area (Å²) in [6.45, 7) is 2.25. The highest BCUT2D eigenvalue weighted by Crippen LogP contribution is 2.18. The lowest BCUT2D eigenvalue weighted by Gasteiger charge is -2.22. The van der Waals surface area contributed by atoms with E-state index >= 15 is 0 Å². The smallest absolute Gasteiger partial charge is 0.193 e. The Morgan fingerprint density at radius 2 is 2.04 bits per heavy atom. The molecule has 0 aliphatic heterocycles. The Hall–Kier alpha value is -2.63. The number of aromatic nitrogens is 1. The Bertz CT molecular complexity index is 682. The third-order valence-electron chi connectivity index (χ3n) is 3.94.